The van der Waals surface area contributed by atoms with Crippen LogP contribution in [0.1, 0.15) is 23.9 Å². The Labute approximate surface area is 127 Å². The van der Waals surface area contributed by atoms with E-state index < -0.39 is 4.92 Å². The lowest BCUT2D eigenvalue weighted by atomic mass is 10.2. The molecule has 7 heteroatoms. The minimum absolute atomic E-state index is 0.00689. The molecule has 1 aromatic heterocycles. The highest BCUT2D eigenvalue weighted by Crippen LogP contribution is 2.26. The van der Waals surface area contributed by atoms with E-state index in [1.165, 1.54) is 12.1 Å². The van der Waals surface area contributed by atoms with Crippen molar-refractivity contribution >= 4 is 17.3 Å². The van der Waals surface area contributed by atoms with Crippen LogP contribution in [0.15, 0.2) is 24.3 Å². The minimum atomic E-state index is -0.449. The summed E-state index contributed by atoms with van der Waals surface area (Å²) in [5.74, 6) is 0.709. The molecule has 0 spiro atoms. The second-order valence-corrected chi connectivity index (χ2v) is 4.83. The number of hydrogen-bond donors (Lipinski definition) is 0. The molecule has 0 atom stereocenters. The van der Waals surface area contributed by atoms with Crippen molar-refractivity contribution in [1.29, 1.82) is 0 Å². The molecule has 0 unspecified atom stereocenters. The van der Waals surface area contributed by atoms with Gasteiger partial charge < -0.3 is 4.74 Å². The first kappa shape index (κ1) is 15.3. The second kappa shape index (κ2) is 6.58. The number of hydrogen-bond acceptors (Lipinski definition) is 4. The Balaban J connectivity index is 2.17. The predicted octanol–water partition coefficient (Wildman–Crippen LogP) is 3.44. The summed E-state index contributed by atoms with van der Waals surface area (Å²) < 4.78 is 7.60. The van der Waals surface area contributed by atoms with E-state index in [1.54, 1.807) is 6.07 Å². The van der Waals surface area contributed by atoms with E-state index in [4.69, 9.17) is 16.3 Å². The van der Waals surface area contributed by atoms with E-state index in [0.29, 0.717) is 17.9 Å². The van der Waals surface area contributed by atoms with E-state index in [2.05, 4.69) is 5.10 Å². The number of nitro benzene ring substituents is 1. The first-order chi connectivity index (χ1) is 10.0. The Hall–Kier alpha value is -2.08. The molecule has 0 radical (unpaired) electrons. The van der Waals surface area contributed by atoms with Gasteiger partial charge in [0.15, 0.2) is 0 Å². The summed E-state index contributed by atoms with van der Waals surface area (Å²) in [6.45, 7) is 5.03. The van der Waals surface area contributed by atoms with Crippen molar-refractivity contribution in [2.75, 3.05) is 0 Å². The zero-order valence-electron chi connectivity index (χ0n) is 11.9. The summed E-state index contributed by atoms with van der Waals surface area (Å²) in [7, 11) is 0. The zero-order chi connectivity index (χ0) is 15.4. The van der Waals surface area contributed by atoms with Gasteiger partial charge in [-0.05, 0) is 26.0 Å². The molecule has 0 N–H and O–H groups in total. The number of ether oxygens (including phenoxy) is 1. The lowest BCUT2D eigenvalue weighted by molar-refractivity contribution is -0.384. The van der Waals surface area contributed by atoms with Crippen molar-refractivity contribution in [2.24, 2.45) is 0 Å². The van der Waals surface area contributed by atoms with Crippen LogP contribution >= 0.6 is 11.6 Å². The largest absolute Gasteiger partial charge is 0.487 e. The van der Waals surface area contributed by atoms with Gasteiger partial charge in [0.1, 0.15) is 12.4 Å². The molecule has 6 nitrogen and oxygen atoms in total. The van der Waals surface area contributed by atoms with E-state index in [-0.39, 0.29) is 11.6 Å². The number of halogens is 1. The predicted molar refractivity (Wildman–Crippen MR) is 79.6 cm³/mol. The van der Waals surface area contributed by atoms with Crippen molar-refractivity contribution in [1.82, 2.24) is 9.78 Å². The molecule has 0 saturated carbocycles. The van der Waals surface area contributed by atoms with Gasteiger partial charge in [-0.3, -0.25) is 14.8 Å². The molecule has 2 aromatic rings. The molecule has 112 valence electrons. The minimum Gasteiger partial charge on any atom is -0.487 e. The number of benzene rings is 1. The quantitative estimate of drug-likeness (QED) is 0.465. The summed E-state index contributed by atoms with van der Waals surface area (Å²) >= 11 is 5.83. The van der Waals surface area contributed by atoms with Crippen LogP contribution in [0, 0.1) is 17.0 Å². The van der Waals surface area contributed by atoms with Crippen LogP contribution in [0.3, 0.4) is 0 Å². The molecular formula is C14H16ClN3O3. The second-order valence-electron chi connectivity index (χ2n) is 4.56. The Bertz CT molecular complexity index is 655. The van der Waals surface area contributed by atoms with Crippen molar-refractivity contribution in [3.63, 3.8) is 0 Å². The number of nitrogens with zero attached hydrogens (tertiary/aromatic N) is 3. The summed E-state index contributed by atoms with van der Waals surface area (Å²) in [5, 5.41) is 15.1. The van der Waals surface area contributed by atoms with Crippen LogP contribution in [0.4, 0.5) is 5.69 Å². The summed E-state index contributed by atoms with van der Waals surface area (Å²) in [5.41, 5.74) is 2.49. The zero-order valence-corrected chi connectivity index (χ0v) is 12.6. The van der Waals surface area contributed by atoms with Crippen molar-refractivity contribution in [3.8, 4) is 5.75 Å². The highest BCUT2D eigenvalue weighted by atomic mass is 35.5. The maximum absolute atomic E-state index is 10.8. The molecule has 1 heterocycles. The fraction of sp³-hybridized carbons (Fsp3) is 0.357. The van der Waals surface area contributed by atoms with Crippen molar-refractivity contribution < 1.29 is 9.66 Å². The Morgan fingerprint density at radius 1 is 1.43 bits per heavy atom. The molecule has 0 amide bonds. The molecule has 21 heavy (non-hydrogen) atoms. The molecule has 0 aliphatic heterocycles. The van der Waals surface area contributed by atoms with Crippen LogP contribution in [0.5, 0.6) is 5.75 Å². The number of rotatable bonds is 6. The maximum atomic E-state index is 10.8. The average Bonchev–Trinajstić information content (AvgIpc) is 2.84. The van der Waals surface area contributed by atoms with Gasteiger partial charge in [0.05, 0.1) is 22.2 Å². The van der Waals surface area contributed by atoms with Crippen LogP contribution in [0.25, 0.3) is 0 Å². The Morgan fingerprint density at radius 3 is 2.81 bits per heavy atom. The highest BCUT2D eigenvalue weighted by molar-refractivity contribution is 6.17. The van der Waals surface area contributed by atoms with Crippen LogP contribution < -0.4 is 4.74 Å². The lowest BCUT2D eigenvalue weighted by Crippen LogP contribution is -2.07. The van der Waals surface area contributed by atoms with Gasteiger partial charge in [0, 0.05) is 24.2 Å². The fourth-order valence-corrected chi connectivity index (χ4v) is 2.27. The number of aryl methyl sites for hydroxylation is 2. The van der Waals surface area contributed by atoms with Crippen molar-refractivity contribution in [2.45, 2.75) is 32.9 Å². The van der Waals surface area contributed by atoms with E-state index in [1.807, 2.05) is 24.6 Å². The highest BCUT2D eigenvalue weighted by Gasteiger charge is 2.12. The Morgan fingerprint density at radius 2 is 2.19 bits per heavy atom. The standard InChI is InChI=1S/C14H16ClN3O3/c1-3-17-13(6-10(2)16-17)9-21-14-5-4-12(18(19)20)7-11(14)8-15/h4-7H,3,8-9H2,1-2H3. The monoisotopic (exact) mass is 309 g/mol. The molecule has 0 aliphatic rings. The number of alkyl halides is 1. The summed E-state index contributed by atoms with van der Waals surface area (Å²) in [6.07, 6.45) is 0. The lowest BCUT2D eigenvalue weighted by Gasteiger charge is -2.10. The maximum Gasteiger partial charge on any atom is 0.270 e. The summed E-state index contributed by atoms with van der Waals surface area (Å²) in [4.78, 5) is 10.3. The molecule has 0 fully saturated rings. The number of nitro groups is 1. The van der Waals surface area contributed by atoms with Gasteiger partial charge >= 0.3 is 0 Å². The van der Waals surface area contributed by atoms with Gasteiger partial charge in [-0.15, -0.1) is 11.6 Å². The van der Waals surface area contributed by atoms with Crippen LogP contribution in [-0.4, -0.2) is 14.7 Å². The van der Waals surface area contributed by atoms with Gasteiger partial charge in [0.2, 0.25) is 0 Å². The van der Waals surface area contributed by atoms with E-state index in [9.17, 15) is 10.1 Å². The molecular weight excluding hydrogens is 294 g/mol. The van der Waals surface area contributed by atoms with Gasteiger partial charge in [-0.2, -0.15) is 5.10 Å². The third kappa shape index (κ3) is 3.52. The third-order valence-corrected chi connectivity index (χ3v) is 3.35. The van der Waals surface area contributed by atoms with Crippen molar-refractivity contribution in [3.05, 3.63) is 51.3 Å². The normalized spacial score (nSPS) is 10.6. The van der Waals surface area contributed by atoms with Gasteiger partial charge in [-0.25, -0.2) is 0 Å². The molecule has 0 aliphatic carbocycles. The molecule has 2 rings (SSSR count). The number of non-ortho nitro benzene ring substituents is 1. The SMILES string of the molecule is CCn1nc(C)cc1COc1ccc([N+](=O)[O-])cc1CCl. The molecule has 0 bridgehead atoms. The molecule has 1 aromatic carbocycles. The molecule has 0 saturated heterocycles. The van der Waals surface area contributed by atoms with E-state index >= 15 is 0 Å². The van der Waals surface area contributed by atoms with Gasteiger partial charge in [-0.1, -0.05) is 0 Å². The summed E-state index contributed by atoms with van der Waals surface area (Å²) in [6, 6.07) is 6.38. The van der Waals surface area contributed by atoms with Crippen LogP contribution in [-0.2, 0) is 19.0 Å². The first-order valence-corrected chi connectivity index (χ1v) is 7.08. The fourth-order valence-electron chi connectivity index (χ4n) is 2.07. The Kier molecular flexibility index (Phi) is 4.80. The first-order valence-electron chi connectivity index (χ1n) is 6.54. The third-order valence-electron chi connectivity index (χ3n) is 3.06. The number of aromatic nitrogens is 2. The van der Waals surface area contributed by atoms with E-state index in [0.717, 1.165) is 17.9 Å². The van der Waals surface area contributed by atoms with Gasteiger partial charge in [0.25, 0.3) is 5.69 Å². The smallest absolute Gasteiger partial charge is 0.270 e. The average molecular weight is 310 g/mol. The van der Waals surface area contributed by atoms with Crippen LogP contribution in [0.2, 0.25) is 0 Å². The topological polar surface area (TPSA) is 70.2 Å².